The summed E-state index contributed by atoms with van der Waals surface area (Å²) >= 11 is 0. The van der Waals surface area contributed by atoms with Crippen molar-refractivity contribution in [3.63, 3.8) is 0 Å². The van der Waals surface area contributed by atoms with Crippen molar-refractivity contribution in [2.45, 2.75) is 24.7 Å². The van der Waals surface area contributed by atoms with Crippen LogP contribution in [0.2, 0.25) is 0 Å². The molecule has 0 spiro atoms. The third-order valence-corrected chi connectivity index (χ3v) is 5.56. The van der Waals surface area contributed by atoms with Crippen LogP contribution >= 0.6 is 0 Å². The highest BCUT2D eigenvalue weighted by Gasteiger charge is 2.38. The van der Waals surface area contributed by atoms with E-state index in [1.807, 2.05) is 24.3 Å². The molecule has 0 heterocycles. The van der Waals surface area contributed by atoms with Gasteiger partial charge in [0.25, 0.3) is 5.91 Å². The molecule has 0 unspecified atom stereocenters. The van der Waals surface area contributed by atoms with Gasteiger partial charge in [-0.05, 0) is 42.2 Å². The molecule has 1 saturated carbocycles. The number of amides is 1. The first-order valence-electron chi connectivity index (χ1n) is 10.4. The van der Waals surface area contributed by atoms with E-state index in [1.54, 1.807) is 24.3 Å². The molecule has 1 amide bonds. The molecule has 1 N–H and O–H groups in total. The summed E-state index contributed by atoms with van der Waals surface area (Å²) in [6.07, 6.45) is 6.00. The van der Waals surface area contributed by atoms with Gasteiger partial charge in [-0.15, -0.1) is 0 Å². The third-order valence-electron chi connectivity index (χ3n) is 5.56. The molecule has 0 aromatic heterocycles. The van der Waals surface area contributed by atoms with E-state index < -0.39 is 5.97 Å². The largest absolute Gasteiger partial charge is 0.493 e. The van der Waals surface area contributed by atoms with E-state index in [0.717, 1.165) is 19.3 Å². The van der Waals surface area contributed by atoms with E-state index in [2.05, 4.69) is 17.4 Å². The molecule has 2 aromatic carbocycles. The predicted molar refractivity (Wildman–Crippen MR) is 119 cm³/mol. The number of ether oxygens (including phenoxy) is 3. The number of benzene rings is 2. The zero-order valence-corrected chi connectivity index (χ0v) is 18.0. The fraction of sp³-hybridized carbons (Fsp3) is 0.320. The summed E-state index contributed by atoms with van der Waals surface area (Å²) in [6, 6.07) is 17.1. The minimum Gasteiger partial charge on any atom is -0.493 e. The monoisotopic (exact) mass is 434 g/mol. The molecule has 7 nitrogen and oxygen atoms in total. The molecule has 166 valence electrons. The third kappa shape index (κ3) is 5.88. The average Bonchev–Trinajstić information content (AvgIpc) is 2.80. The first kappa shape index (κ1) is 22.9. The Morgan fingerprint density at radius 2 is 1.94 bits per heavy atom. The fourth-order valence-electron chi connectivity index (χ4n) is 3.65. The van der Waals surface area contributed by atoms with E-state index in [4.69, 9.17) is 19.5 Å². The van der Waals surface area contributed by atoms with Crippen molar-refractivity contribution in [2.24, 2.45) is 0 Å². The van der Waals surface area contributed by atoms with Crippen molar-refractivity contribution < 1.29 is 23.8 Å². The van der Waals surface area contributed by atoms with E-state index in [1.165, 1.54) is 18.7 Å². The van der Waals surface area contributed by atoms with Crippen molar-refractivity contribution in [1.82, 2.24) is 5.32 Å². The van der Waals surface area contributed by atoms with E-state index in [9.17, 15) is 9.59 Å². The van der Waals surface area contributed by atoms with Gasteiger partial charge in [0.05, 0.1) is 7.11 Å². The van der Waals surface area contributed by atoms with Crippen LogP contribution in [0.1, 0.15) is 30.4 Å². The summed E-state index contributed by atoms with van der Waals surface area (Å²) in [5.41, 5.74) is 1.89. The smallest absolute Gasteiger partial charge is 0.331 e. The van der Waals surface area contributed by atoms with Crippen molar-refractivity contribution in [2.75, 3.05) is 26.9 Å². The zero-order chi connectivity index (χ0) is 22.8. The Labute approximate surface area is 187 Å². The second-order valence-electron chi connectivity index (χ2n) is 7.57. The molecule has 1 aliphatic rings. The molecule has 0 bridgehead atoms. The number of carbonyl (C=O) groups is 2. The molecule has 0 radical (unpaired) electrons. The van der Waals surface area contributed by atoms with Gasteiger partial charge in [-0.3, -0.25) is 4.79 Å². The summed E-state index contributed by atoms with van der Waals surface area (Å²) < 4.78 is 15.5. The molecule has 1 aliphatic carbocycles. The Bertz CT molecular complexity index is 1010. The minimum atomic E-state index is -0.620. The van der Waals surface area contributed by atoms with Gasteiger partial charge in [0.1, 0.15) is 6.07 Å². The SMILES string of the molecule is COc1cc(/C=C/C(=O)OCC(=O)NCC2(c3ccccc3)CCC2)ccc1OCC#N. The van der Waals surface area contributed by atoms with Crippen molar-refractivity contribution in [3.05, 3.63) is 65.7 Å². The van der Waals surface area contributed by atoms with Crippen molar-refractivity contribution in [1.29, 1.82) is 5.26 Å². The number of hydrogen-bond donors (Lipinski definition) is 1. The van der Waals surface area contributed by atoms with Crippen molar-refractivity contribution >= 4 is 18.0 Å². The second kappa shape index (κ2) is 11.0. The number of nitrogens with one attached hydrogen (secondary N) is 1. The van der Waals surface area contributed by atoms with Crippen LogP contribution in [0.15, 0.2) is 54.6 Å². The number of nitriles is 1. The van der Waals surface area contributed by atoms with Gasteiger partial charge in [-0.2, -0.15) is 5.26 Å². The lowest BCUT2D eigenvalue weighted by molar-refractivity contribution is -0.143. The minimum absolute atomic E-state index is 0.0248. The van der Waals surface area contributed by atoms with Crippen LogP contribution in [-0.2, 0) is 19.7 Å². The summed E-state index contributed by atoms with van der Waals surface area (Å²) in [7, 11) is 1.49. The van der Waals surface area contributed by atoms with E-state index in [-0.39, 0.29) is 24.5 Å². The summed E-state index contributed by atoms with van der Waals surface area (Å²) in [5, 5.41) is 11.5. The Morgan fingerprint density at radius 3 is 2.59 bits per heavy atom. The predicted octanol–water partition coefficient (Wildman–Crippen LogP) is 3.39. The number of esters is 1. The second-order valence-corrected chi connectivity index (χ2v) is 7.57. The summed E-state index contributed by atoms with van der Waals surface area (Å²) in [4.78, 5) is 24.2. The number of methoxy groups -OCH3 is 1. The molecule has 0 atom stereocenters. The molecular weight excluding hydrogens is 408 g/mol. The van der Waals surface area contributed by atoms with Gasteiger partial charge < -0.3 is 19.5 Å². The standard InChI is InChI=1S/C25H26N2O5/c1-30-22-16-19(8-10-21(22)31-15-14-26)9-11-24(29)32-17-23(28)27-18-25(12-5-13-25)20-6-3-2-4-7-20/h2-4,6-11,16H,5,12-13,15,17-18H2,1H3,(H,27,28)/b11-9+. The Hall–Kier alpha value is -3.79. The maximum Gasteiger partial charge on any atom is 0.331 e. The molecule has 3 rings (SSSR count). The summed E-state index contributed by atoms with van der Waals surface area (Å²) in [6.45, 7) is 0.105. The topological polar surface area (TPSA) is 97.7 Å². The number of nitrogens with zero attached hydrogens (tertiary/aromatic N) is 1. The maximum absolute atomic E-state index is 12.2. The van der Waals surface area contributed by atoms with Gasteiger partial charge >= 0.3 is 5.97 Å². The van der Waals surface area contributed by atoms with Crippen LogP contribution in [0.4, 0.5) is 0 Å². The number of hydrogen-bond acceptors (Lipinski definition) is 6. The molecular formula is C25H26N2O5. The quantitative estimate of drug-likeness (QED) is 0.455. The van der Waals surface area contributed by atoms with Crippen LogP contribution in [0.25, 0.3) is 6.08 Å². The summed E-state index contributed by atoms with van der Waals surface area (Å²) in [5.74, 6) is -0.0661. The number of carbonyl (C=O) groups excluding carboxylic acids is 2. The van der Waals surface area contributed by atoms with Crippen LogP contribution < -0.4 is 14.8 Å². The van der Waals surface area contributed by atoms with Crippen LogP contribution in [0.3, 0.4) is 0 Å². The molecule has 2 aromatic rings. The lowest BCUT2D eigenvalue weighted by Gasteiger charge is -2.42. The average molecular weight is 434 g/mol. The zero-order valence-electron chi connectivity index (χ0n) is 18.0. The Kier molecular flexibility index (Phi) is 7.87. The highest BCUT2D eigenvalue weighted by Crippen LogP contribution is 2.43. The van der Waals surface area contributed by atoms with Gasteiger partial charge in [-0.25, -0.2) is 4.79 Å². The van der Waals surface area contributed by atoms with Gasteiger partial charge in [0.15, 0.2) is 24.7 Å². The first-order valence-corrected chi connectivity index (χ1v) is 10.4. The van der Waals surface area contributed by atoms with Gasteiger partial charge in [-0.1, -0.05) is 42.8 Å². The van der Waals surface area contributed by atoms with Crippen LogP contribution in [0, 0.1) is 11.3 Å². The van der Waals surface area contributed by atoms with Crippen molar-refractivity contribution in [3.8, 4) is 17.6 Å². The fourth-order valence-corrected chi connectivity index (χ4v) is 3.65. The van der Waals surface area contributed by atoms with Gasteiger partial charge in [0, 0.05) is 18.0 Å². The molecule has 1 fully saturated rings. The molecule has 7 heteroatoms. The maximum atomic E-state index is 12.2. The highest BCUT2D eigenvalue weighted by molar-refractivity contribution is 5.89. The van der Waals surface area contributed by atoms with Crippen LogP contribution in [0.5, 0.6) is 11.5 Å². The van der Waals surface area contributed by atoms with E-state index in [0.29, 0.717) is 23.6 Å². The first-order chi connectivity index (χ1) is 15.6. The highest BCUT2D eigenvalue weighted by atomic mass is 16.5. The normalized spacial score (nSPS) is 14.1. The van der Waals surface area contributed by atoms with Crippen LogP contribution in [-0.4, -0.2) is 38.7 Å². The lowest BCUT2D eigenvalue weighted by Crippen LogP contribution is -2.46. The van der Waals surface area contributed by atoms with Gasteiger partial charge in [0.2, 0.25) is 0 Å². The molecule has 0 saturated heterocycles. The van der Waals surface area contributed by atoms with E-state index >= 15 is 0 Å². The Morgan fingerprint density at radius 1 is 1.16 bits per heavy atom. The molecule has 0 aliphatic heterocycles. The number of rotatable bonds is 10. The lowest BCUT2D eigenvalue weighted by atomic mass is 9.64. The molecule has 32 heavy (non-hydrogen) atoms. The Balaban J connectivity index is 1.47.